The fourth-order valence-electron chi connectivity index (χ4n) is 1.84. The second-order valence-corrected chi connectivity index (χ2v) is 4.09. The molecule has 2 N–H and O–H groups in total. The number of hydrogen-bond acceptors (Lipinski definition) is 3. The Hall–Kier alpha value is -1.74. The predicted octanol–water partition coefficient (Wildman–Crippen LogP) is 2.47. The standard InChI is InChI=1S/C14H17N3/c1-3-13-12(8-15)9-16-14(17-13)11-6-4-5-10(2)7-11/h4-7,9H,3,8,15H2,1-2H3. The van der Waals surface area contributed by atoms with E-state index in [0.717, 1.165) is 29.1 Å². The molecule has 2 rings (SSSR count). The first-order chi connectivity index (χ1) is 8.24. The molecule has 88 valence electrons. The highest BCUT2D eigenvalue weighted by Crippen LogP contribution is 2.17. The van der Waals surface area contributed by atoms with Crippen LogP contribution in [0.25, 0.3) is 11.4 Å². The lowest BCUT2D eigenvalue weighted by Crippen LogP contribution is -2.05. The van der Waals surface area contributed by atoms with Crippen LogP contribution in [0.3, 0.4) is 0 Å². The van der Waals surface area contributed by atoms with Crippen LogP contribution >= 0.6 is 0 Å². The third-order valence-corrected chi connectivity index (χ3v) is 2.79. The van der Waals surface area contributed by atoms with Gasteiger partial charge in [-0.05, 0) is 19.4 Å². The van der Waals surface area contributed by atoms with Gasteiger partial charge in [0.1, 0.15) is 0 Å². The van der Waals surface area contributed by atoms with Gasteiger partial charge in [-0.1, -0.05) is 30.7 Å². The van der Waals surface area contributed by atoms with Crippen molar-refractivity contribution >= 4 is 0 Å². The van der Waals surface area contributed by atoms with E-state index in [1.54, 1.807) is 0 Å². The molecule has 0 aliphatic carbocycles. The van der Waals surface area contributed by atoms with Gasteiger partial charge in [0, 0.05) is 29.6 Å². The molecule has 0 fully saturated rings. The lowest BCUT2D eigenvalue weighted by molar-refractivity contribution is 0.919. The normalized spacial score (nSPS) is 10.5. The average Bonchev–Trinajstić information content (AvgIpc) is 2.38. The molecule has 17 heavy (non-hydrogen) atoms. The Labute approximate surface area is 102 Å². The zero-order chi connectivity index (χ0) is 12.3. The number of benzene rings is 1. The summed E-state index contributed by atoms with van der Waals surface area (Å²) in [6.45, 7) is 4.65. The molecule has 0 bridgehead atoms. The Morgan fingerprint density at radius 1 is 1.29 bits per heavy atom. The lowest BCUT2D eigenvalue weighted by Gasteiger charge is -2.07. The maximum atomic E-state index is 5.66. The van der Waals surface area contributed by atoms with Crippen molar-refractivity contribution in [1.82, 2.24) is 9.97 Å². The van der Waals surface area contributed by atoms with Crippen molar-refractivity contribution in [2.45, 2.75) is 26.8 Å². The summed E-state index contributed by atoms with van der Waals surface area (Å²) in [4.78, 5) is 8.96. The quantitative estimate of drug-likeness (QED) is 0.876. The van der Waals surface area contributed by atoms with Gasteiger partial charge in [-0.25, -0.2) is 9.97 Å². The monoisotopic (exact) mass is 227 g/mol. The van der Waals surface area contributed by atoms with Gasteiger partial charge in [0.05, 0.1) is 0 Å². The maximum absolute atomic E-state index is 5.66. The predicted molar refractivity (Wildman–Crippen MR) is 69.5 cm³/mol. The Balaban J connectivity index is 2.46. The summed E-state index contributed by atoms with van der Waals surface area (Å²) < 4.78 is 0. The molecule has 3 nitrogen and oxygen atoms in total. The van der Waals surface area contributed by atoms with Crippen molar-refractivity contribution in [3.63, 3.8) is 0 Å². The minimum Gasteiger partial charge on any atom is -0.326 e. The molecular weight excluding hydrogens is 210 g/mol. The highest BCUT2D eigenvalue weighted by Gasteiger charge is 2.06. The Morgan fingerprint density at radius 3 is 2.76 bits per heavy atom. The van der Waals surface area contributed by atoms with Crippen LogP contribution in [0.2, 0.25) is 0 Å². The molecule has 0 radical (unpaired) electrons. The fraction of sp³-hybridized carbons (Fsp3) is 0.286. The third kappa shape index (κ3) is 2.50. The molecule has 0 unspecified atom stereocenters. The summed E-state index contributed by atoms with van der Waals surface area (Å²) in [6, 6.07) is 8.22. The lowest BCUT2D eigenvalue weighted by atomic mass is 10.1. The van der Waals surface area contributed by atoms with E-state index in [1.807, 2.05) is 18.3 Å². The average molecular weight is 227 g/mol. The maximum Gasteiger partial charge on any atom is 0.159 e. The highest BCUT2D eigenvalue weighted by atomic mass is 14.9. The molecular formula is C14H17N3. The third-order valence-electron chi connectivity index (χ3n) is 2.79. The fourth-order valence-corrected chi connectivity index (χ4v) is 1.84. The molecule has 1 aromatic carbocycles. The van der Waals surface area contributed by atoms with Crippen molar-refractivity contribution in [2.75, 3.05) is 0 Å². The number of hydrogen-bond donors (Lipinski definition) is 1. The summed E-state index contributed by atoms with van der Waals surface area (Å²) >= 11 is 0. The zero-order valence-corrected chi connectivity index (χ0v) is 10.3. The van der Waals surface area contributed by atoms with E-state index in [9.17, 15) is 0 Å². The first kappa shape index (κ1) is 11.7. The van der Waals surface area contributed by atoms with Gasteiger partial charge in [-0.2, -0.15) is 0 Å². The van der Waals surface area contributed by atoms with Crippen molar-refractivity contribution in [3.8, 4) is 11.4 Å². The summed E-state index contributed by atoms with van der Waals surface area (Å²) in [5.74, 6) is 0.780. The summed E-state index contributed by atoms with van der Waals surface area (Å²) in [5, 5.41) is 0. The number of rotatable bonds is 3. The molecule has 1 aromatic heterocycles. The Morgan fingerprint density at radius 2 is 2.12 bits per heavy atom. The van der Waals surface area contributed by atoms with E-state index in [-0.39, 0.29) is 0 Å². The van der Waals surface area contributed by atoms with Crippen LogP contribution in [0.1, 0.15) is 23.7 Å². The van der Waals surface area contributed by atoms with Crippen LogP contribution in [-0.2, 0) is 13.0 Å². The SMILES string of the molecule is CCc1nc(-c2cccc(C)c2)ncc1CN. The smallest absolute Gasteiger partial charge is 0.159 e. The molecule has 0 spiro atoms. The Bertz CT molecular complexity index is 521. The van der Waals surface area contributed by atoms with Gasteiger partial charge in [0.2, 0.25) is 0 Å². The summed E-state index contributed by atoms with van der Waals surface area (Å²) in [5.41, 5.74) is 10.0. The second kappa shape index (κ2) is 5.06. The molecule has 0 aliphatic heterocycles. The van der Waals surface area contributed by atoms with Gasteiger partial charge < -0.3 is 5.73 Å². The first-order valence-corrected chi connectivity index (χ1v) is 5.86. The van der Waals surface area contributed by atoms with E-state index < -0.39 is 0 Å². The number of nitrogens with two attached hydrogens (primary N) is 1. The minimum absolute atomic E-state index is 0.497. The van der Waals surface area contributed by atoms with Gasteiger partial charge in [-0.3, -0.25) is 0 Å². The van der Waals surface area contributed by atoms with Gasteiger partial charge >= 0.3 is 0 Å². The van der Waals surface area contributed by atoms with E-state index in [0.29, 0.717) is 6.54 Å². The van der Waals surface area contributed by atoms with Crippen LogP contribution in [-0.4, -0.2) is 9.97 Å². The number of nitrogens with zero attached hydrogens (tertiary/aromatic N) is 2. The number of aryl methyl sites for hydroxylation is 2. The van der Waals surface area contributed by atoms with E-state index in [2.05, 4.69) is 35.9 Å². The molecule has 0 atom stereocenters. The van der Waals surface area contributed by atoms with Gasteiger partial charge in [0.25, 0.3) is 0 Å². The van der Waals surface area contributed by atoms with Gasteiger partial charge in [0.15, 0.2) is 5.82 Å². The minimum atomic E-state index is 0.497. The molecule has 2 aromatic rings. The van der Waals surface area contributed by atoms with Crippen molar-refractivity contribution < 1.29 is 0 Å². The zero-order valence-electron chi connectivity index (χ0n) is 10.3. The molecule has 0 saturated heterocycles. The second-order valence-electron chi connectivity index (χ2n) is 4.09. The van der Waals surface area contributed by atoms with Crippen molar-refractivity contribution in [3.05, 3.63) is 47.3 Å². The van der Waals surface area contributed by atoms with E-state index in [4.69, 9.17) is 5.73 Å². The molecule has 3 heteroatoms. The van der Waals surface area contributed by atoms with Gasteiger partial charge in [-0.15, -0.1) is 0 Å². The van der Waals surface area contributed by atoms with Crippen molar-refractivity contribution in [2.24, 2.45) is 5.73 Å². The summed E-state index contributed by atoms with van der Waals surface area (Å²) in [6.07, 6.45) is 2.72. The largest absolute Gasteiger partial charge is 0.326 e. The first-order valence-electron chi connectivity index (χ1n) is 5.86. The van der Waals surface area contributed by atoms with Crippen LogP contribution in [0, 0.1) is 6.92 Å². The van der Waals surface area contributed by atoms with Crippen LogP contribution in [0.5, 0.6) is 0 Å². The van der Waals surface area contributed by atoms with E-state index >= 15 is 0 Å². The molecule has 0 aliphatic rings. The molecule has 1 heterocycles. The topological polar surface area (TPSA) is 51.8 Å². The Kier molecular flexibility index (Phi) is 3.49. The van der Waals surface area contributed by atoms with E-state index in [1.165, 1.54) is 5.56 Å². The number of aromatic nitrogens is 2. The van der Waals surface area contributed by atoms with Crippen LogP contribution in [0.4, 0.5) is 0 Å². The van der Waals surface area contributed by atoms with Crippen LogP contribution < -0.4 is 5.73 Å². The molecule has 0 amide bonds. The highest BCUT2D eigenvalue weighted by molar-refractivity contribution is 5.56. The molecule has 0 saturated carbocycles. The van der Waals surface area contributed by atoms with Crippen molar-refractivity contribution in [1.29, 1.82) is 0 Å². The van der Waals surface area contributed by atoms with Crippen LogP contribution in [0.15, 0.2) is 30.5 Å². The summed E-state index contributed by atoms with van der Waals surface area (Å²) in [7, 11) is 0.